The Labute approximate surface area is 119 Å². The Morgan fingerprint density at radius 3 is 2.68 bits per heavy atom. The summed E-state index contributed by atoms with van der Waals surface area (Å²) in [4.78, 5) is 1.95. The van der Waals surface area contributed by atoms with Crippen molar-refractivity contribution >= 4 is 23.0 Å². The van der Waals surface area contributed by atoms with Crippen molar-refractivity contribution in [1.82, 2.24) is 4.90 Å². The molecule has 100 valence electrons. The average molecular weight is 274 g/mol. The third-order valence-corrected chi connectivity index (χ3v) is 3.22. The molecule has 19 heavy (non-hydrogen) atoms. The zero-order valence-corrected chi connectivity index (χ0v) is 12.3. The molecule has 0 aliphatic rings. The molecule has 1 aromatic carbocycles. The van der Waals surface area contributed by atoms with Crippen LogP contribution in [0.25, 0.3) is 0 Å². The monoisotopic (exact) mass is 274 g/mol. The summed E-state index contributed by atoms with van der Waals surface area (Å²) in [6, 6.07) is 12.1. The van der Waals surface area contributed by atoms with Crippen LogP contribution in [0.3, 0.4) is 0 Å². The van der Waals surface area contributed by atoms with E-state index >= 15 is 0 Å². The molecule has 2 rings (SSSR count). The molecule has 1 aromatic heterocycles. The minimum Gasteiger partial charge on any atom is -0.464 e. The normalized spacial score (nSPS) is 10.3. The predicted octanol–water partition coefficient (Wildman–Crippen LogP) is 3.73. The molecule has 1 heterocycles. The van der Waals surface area contributed by atoms with Crippen LogP contribution >= 0.6 is 12.2 Å². The van der Waals surface area contributed by atoms with Crippen molar-refractivity contribution < 1.29 is 4.42 Å². The van der Waals surface area contributed by atoms with Gasteiger partial charge in [0.05, 0.1) is 6.54 Å². The van der Waals surface area contributed by atoms with Crippen LogP contribution in [0.2, 0.25) is 0 Å². The second-order valence-corrected chi connectivity index (χ2v) is 5.05. The van der Waals surface area contributed by atoms with Gasteiger partial charge in [0.2, 0.25) is 0 Å². The number of hydrogen-bond donors (Lipinski definition) is 1. The first-order valence-corrected chi connectivity index (χ1v) is 6.59. The molecule has 0 fully saturated rings. The summed E-state index contributed by atoms with van der Waals surface area (Å²) in [5.41, 5.74) is 2.21. The number of rotatable bonds is 3. The molecule has 0 spiro atoms. The molecule has 0 atom stereocenters. The van der Waals surface area contributed by atoms with Gasteiger partial charge in [-0.2, -0.15) is 0 Å². The third kappa shape index (κ3) is 3.83. The Morgan fingerprint density at radius 1 is 1.26 bits per heavy atom. The molecule has 0 amide bonds. The van der Waals surface area contributed by atoms with Crippen molar-refractivity contribution in [3.63, 3.8) is 0 Å². The molecule has 1 N–H and O–H groups in total. The van der Waals surface area contributed by atoms with Crippen LogP contribution in [-0.4, -0.2) is 17.1 Å². The molecular formula is C15H18N2OS. The number of aryl methyl sites for hydroxylation is 2. The van der Waals surface area contributed by atoms with Crippen LogP contribution in [0, 0.1) is 13.8 Å². The maximum atomic E-state index is 5.54. The first-order chi connectivity index (χ1) is 9.04. The first kappa shape index (κ1) is 13.6. The summed E-state index contributed by atoms with van der Waals surface area (Å²) in [6.07, 6.45) is 0. The lowest BCUT2D eigenvalue weighted by atomic mass is 10.2. The van der Waals surface area contributed by atoms with E-state index in [9.17, 15) is 0 Å². The Bertz CT molecular complexity index is 577. The molecule has 0 radical (unpaired) electrons. The zero-order chi connectivity index (χ0) is 13.8. The van der Waals surface area contributed by atoms with Gasteiger partial charge in [-0.1, -0.05) is 12.1 Å². The van der Waals surface area contributed by atoms with E-state index in [0.29, 0.717) is 11.7 Å². The van der Waals surface area contributed by atoms with Crippen molar-refractivity contribution in [3.05, 3.63) is 53.5 Å². The fourth-order valence-electron chi connectivity index (χ4n) is 1.82. The lowest BCUT2D eigenvalue weighted by molar-refractivity contribution is 0.403. The lowest BCUT2D eigenvalue weighted by Gasteiger charge is -2.20. The maximum Gasteiger partial charge on any atom is 0.173 e. The fraction of sp³-hybridized carbons (Fsp3) is 0.267. The van der Waals surface area contributed by atoms with Gasteiger partial charge in [-0.25, -0.2) is 0 Å². The topological polar surface area (TPSA) is 28.4 Å². The lowest BCUT2D eigenvalue weighted by Crippen LogP contribution is -2.30. The number of furan rings is 1. The molecule has 0 saturated carbocycles. The Kier molecular flexibility index (Phi) is 4.22. The summed E-state index contributed by atoms with van der Waals surface area (Å²) in [6.45, 7) is 4.65. The SMILES string of the molecule is Cc1cccc(NC(=S)N(C)Cc2ccc(C)o2)c1. The molecule has 0 aliphatic carbocycles. The smallest absolute Gasteiger partial charge is 0.173 e. The molecule has 4 heteroatoms. The second kappa shape index (κ2) is 5.89. The number of anilines is 1. The summed E-state index contributed by atoms with van der Waals surface area (Å²) < 4.78 is 5.54. The fourth-order valence-corrected chi connectivity index (χ4v) is 2.00. The number of nitrogens with zero attached hydrogens (tertiary/aromatic N) is 1. The Balaban J connectivity index is 1.96. The Hall–Kier alpha value is -1.81. The molecule has 3 nitrogen and oxygen atoms in total. The van der Waals surface area contributed by atoms with Gasteiger partial charge in [-0.05, 0) is 55.9 Å². The summed E-state index contributed by atoms with van der Waals surface area (Å²) in [5.74, 6) is 1.83. The standard InChI is InChI=1S/C15H18N2OS/c1-11-5-4-6-13(9-11)16-15(19)17(3)10-14-8-7-12(2)18-14/h4-9H,10H2,1-3H3,(H,16,19). The van der Waals surface area contributed by atoms with E-state index in [-0.39, 0.29) is 0 Å². The summed E-state index contributed by atoms with van der Waals surface area (Å²) in [5, 5.41) is 3.91. The maximum absolute atomic E-state index is 5.54. The third-order valence-electron chi connectivity index (χ3n) is 2.81. The number of benzene rings is 1. The minimum atomic E-state index is 0.658. The predicted molar refractivity (Wildman–Crippen MR) is 82.3 cm³/mol. The van der Waals surface area contributed by atoms with Crippen molar-refractivity contribution in [2.24, 2.45) is 0 Å². The van der Waals surface area contributed by atoms with E-state index in [2.05, 4.69) is 24.4 Å². The molecule has 0 unspecified atom stereocenters. The van der Waals surface area contributed by atoms with Gasteiger partial charge in [0.15, 0.2) is 5.11 Å². The van der Waals surface area contributed by atoms with Crippen LogP contribution in [0.15, 0.2) is 40.8 Å². The van der Waals surface area contributed by atoms with Gasteiger partial charge in [-0.3, -0.25) is 0 Å². The van der Waals surface area contributed by atoms with Gasteiger partial charge >= 0.3 is 0 Å². The van der Waals surface area contributed by atoms with Crippen LogP contribution in [0.4, 0.5) is 5.69 Å². The number of nitrogens with one attached hydrogen (secondary N) is 1. The number of hydrogen-bond acceptors (Lipinski definition) is 2. The van der Waals surface area contributed by atoms with Gasteiger partial charge in [0, 0.05) is 12.7 Å². The van der Waals surface area contributed by atoms with Crippen molar-refractivity contribution in [1.29, 1.82) is 0 Å². The molecular weight excluding hydrogens is 256 g/mol. The van der Waals surface area contributed by atoms with Crippen molar-refractivity contribution in [2.75, 3.05) is 12.4 Å². The molecule has 0 aliphatic heterocycles. The van der Waals surface area contributed by atoms with Crippen molar-refractivity contribution in [2.45, 2.75) is 20.4 Å². The van der Waals surface area contributed by atoms with Gasteiger partial charge in [-0.15, -0.1) is 0 Å². The van der Waals surface area contributed by atoms with Crippen LogP contribution in [-0.2, 0) is 6.54 Å². The highest BCUT2D eigenvalue weighted by atomic mass is 32.1. The van der Waals surface area contributed by atoms with E-state index in [4.69, 9.17) is 16.6 Å². The van der Waals surface area contributed by atoms with Crippen LogP contribution in [0.5, 0.6) is 0 Å². The highest BCUT2D eigenvalue weighted by Gasteiger charge is 2.08. The van der Waals surface area contributed by atoms with E-state index < -0.39 is 0 Å². The van der Waals surface area contributed by atoms with Gasteiger partial charge in [0.25, 0.3) is 0 Å². The summed E-state index contributed by atoms with van der Waals surface area (Å²) in [7, 11) is 1.95. The van der Waals surface area contributed by atoms with E-state index in [0.717, 1.165) is 17.2 Å². The van der Waals surface area contributed by atoms with E-state index in [1.54, 1.807) is 0 Å². The molecule has 2 aromatic rings. The van der Waals surface area contributed by atoms with Crippen LogP contribution < -0.4 is 5.32 Å². The van der Waals surface area contributed by atoms with E-state index in [1.807, 2.05) is 43.1 Å². The second-order valence-electron chi connectivity index (χ2n) is 4.67. The highest BCUT2D eigenvalue weighted by molar-refractivity contribution is 7.80. The largest absolute Gasteiger partial charge is 0.464 e. The van der Waals surface area contributed by atoms with E-state index in [1.165, 1.54) is 5.56 Å². The zero-order valence-electron chi connectivity index (χ0n) is 11.4. The first-order valence-electron chi connectivity index (χ1n) is 6.19. The quantitative estimate of drug-likeness (QED) is 0.863. The Morgan fingerprint density at radius 2 is 2.05 bits per heavy atom. The minimum absolute atomic E-state index is 0.658. The number of thiocarbonyl (C=S) groups is 1. The van der Waals surface area contributed by atoms with Gasteiger partial charge in [0.1, 0.15) is 11.5 Å². The molecule has 0 saturated heterocycles. The molecule has 0 bridgehead atoms. The van der Waals surface area contributed by atoms with Gasteiger partial charge < -0.3 is 14.6 Å². The van der Waals surface area contributed by atoms with Crippen molar-refractivity contribution in [3.8, 4) is 0 Å². The average Bonchev–Trinajstić information content (AvgIpc) is 2.74. The van der Waals surface area contributed by atoms with Crippen LogP contribution in [0.1, 0.15) is 17.1 Å². The highest BCUT2D eigenvalue weighted by Crippen LogP contribution is 2.12. The summed E-state index contributed by atoms with van der Waals surface area (Å²) >= 11 is 5.38.